The Kier molecular flexibility index (Phi) is 3.70. The maximum atomic E-state index is 13.8. The van der Waals surface area contributed by atoms with Crippen LogP contribution in [0.1, 0.15) is 10.5 Å². The van der Waals surface area contributed by atoms with Crippen molar-refractivity contribution in [3.05, 3.63) is 66.1 Å². The van der Waals surface area contributed by atoms with Crippen molar-refractivity contribution in [1.82, 2.24) is 4.98 Å². The van der Waals surface area contributed by atoms with E-state index in [1.54, 1.807) is 30.3 Å². The van der Waals surface area contributed by atoms with Crippen LogP contribution in [0.5, 0.6) is 0 Å². The Hall–Kier alpha value is -2.95. The SMILES string of the molecule is COC(=O)c1cc(Nc2ccccc2F)c2ccccc2n1. The molecule has 3 aromatic rings. The van der Waals surface area contributed by atoms with Gasteiger partial charge in [0.25, 0.3) is 0 Å². The van der Waals surface area contributed by atoms with Gasteiger partial charge in [-0.05, 0) is 24.3 Å². The molecule has 0 spiro atoms. The maximum Gasteiger partial charge on any atom is 0.356 e. The van der Waals surface area contributed by atoms with Gasteiger partial charge in [-0.25, -0.2) is 14.2 Å². The van der Waals surface area contributed by atoms with Crippen LogP contribution in [0.2, 0.25) is 0 Å². The zero-order valence-electron chi connectivity index (χ0n) is 11.8. The second-order valence-corrected chi connectivity index (χ2v) is 4.67. The summed E-state index contributed by atoms with van der Waals surface area (Å²) in [5.74, 6) is -0.912. The van der Waals surface area contributed by atoms with E-state index >= 15 is 0 Å². The first-order valence-corrected chi connectivity index (χ1v) is 6.68. The highest BCUT2D eigenvalue weighted by atomic mass is 19.1. The average Bonchev–Trinajstić information content (AvgIpc) is 2.56. The van der Waals surface area contributed by atoms with Gasteiger partial charge in [-0.2, -0.15) is 0 Å². The molecule has 0 bridgehead atoms. The fourth-order valence-corrected chi connectivity index (χ4v) is 2.20. The number of benzene rings is 2. The minimum absolute atomic E-state index is 0.167. The van der Waals surface area contributed by atoms with E-state index in [1.165, 1.54) is 13.2 Å². The number of anilines is 2. The number of halogens is 1. The van der Waals surface area contributed by atoms with E-state index in [2.05, 4.69) is 10.3 Å². The first-order chi connectivity index (χ1) is 10.7. The number of rotatable bonds is 3. The van der Waals surface area contributed by atoms with Crippen molar-refractivity contribution >= 4 is 28.2 Å². The van der Waals surface area contributed by atoms with Crippen molar-refractivity contribution in [2.75, 3.05) is 12.4 Å². The van der Waals surface area contributed by atoms with Crippen LogP contribution < -0.4 is 5.32 Å². The summed E-state index contributed by atoms with van der Waals surface area (Å²) >= 11 is 0. The molecular weight excluding hydrogens is 283 g/mol. The van der Waals surface area contributed by atoms with Crippen LogP contribution in [-0.2, 0) is 4.74 Å². The molecule has 1 N–H and O–H groups in total. The predicted molar refractivity (Wildman–Crippen MR) is 82.8 cm³/mol. The first kappa shape index (κ1) is 14.0. The summed E-state index contributed by atoms with van der Waals surface area (Å²) in [4.78, 5) is 16.0. The van der Waals surface area contributed by atoms with Crippen LogP contribution >= 0.6 is 0 Å². The fraction of sp³-hybridized carbons (Fsp3) is 0.0588. The molecule has 4 nitrogen and oxygen atoms in total. The molecule has 22 heavy (non-hydrogen) atoms. The zero-order chi connectivity index (χ0) is 15.5. The molecule has 0 aliphatic carbocycles. The topological polar surface area (TPSA) is 51.2 Å². The highest BCUT2D eigenvalue weighted by Gasteiger charge is 2.13. The summed E-state index contributed by atoms with van der Waals surface area (Å²) in [6.45, 7) is 0. The largest absolute Gasteiger partial charge is 0.464 e. The summed E-state index contributed by atoms with van der Waals surface area (Å²) in [6, 6.07) is 15.2. The minimum atomic E-state index is -0.540. The highest BCUT2D eigenvalue weighted by Crippen LogP contribution is 2.27. The van der Waals surface area contributed by atoms with E-state index in [9.17, 15) is 9.18 Å². The van der Waals surface area contributed by atoms with Crippen molar-refractivity contribution in [1.29, 1.82) is 0 Å². The van der Waals surface area contributed by atoms with Gasteiger partial charge in [0, 0.05) is 5.39 Å². The van der Waals surface area contributed by atoms with Gasteiger partial charge in [0.15, 0.2) is 5.69 Å². The average molecular weight is 296 g/mol. The smallest absolute Gasteiger partial charge is 0.356 e. The molecule has 0 saturated heterocycles. The van der Waals surface area contributed by atoms with Gasteiger partial charge in [0.05, 0.1) is 24.0 Å². The molecular formula is C17H13FN2O2. The van der Waals surface area contributed by atoms with E-state index < -0.39 is 5.97 Å². The first-order valence-electron chi connectivity index (χ1n) is 6.68. The van der Waals surface area contributed by atoms with Gasteiger partial charge >= 0.3 is 5.97 Å². The van der Waals surface area contributed by atoms with Crippen molar-refractivity contribution in [3.8, 4) is 0 Å². The van der Waals surface area contributed by atoms with Crippen LogP contribution in [-0.4, -0.2) is 18.1 Å². The Labute approximate surface area is 126 Å². The molecule has 2 aromatic carbocycles. The molecule has 3 rings (SSSR count). The lowest BCUT2D eigenvalue weighted by atomic mass is 10.1. The Morgan fingerprint density at radius 2 is 1.82 bits per heavy atom. The number of nitrogens with zero attached hydrogens (tertiary/aromatic N) is 1. The second-order valence-electron chi connectivity index (χ2n) is 4.67. The number of pyridine rings is 1. The highest BCUT2D eigenvalue weighted by molar-refractivity contribution is 5.98. The molecule has 0 unspecified atom stereocenters. The summed E-state index contributed by atoms with van der Waals surface area (Å²) in [5.41, 5.74) is 1.72. The molecule has 0 saturated carbocycles. The molecule has 0 amide bonds. The van der Waals surface area contributed by atoms with Crippen LogP contribution in [0.4, 0.5) is 15.8 Å². The number of para-hydroxylation sites is 2. The Bertz CT molecular complexity index is 849. The number of hydrogen-bond donors (Lipinski definition) is 1. The predicted octanol–water partition coefficient (Wildman–Crippen LogP) is 3.90. The van der Waals surface area contributed by atoms with Crippen molar-refractivity contribution in [2.24, 2.45) is 0 Å². The minimum Gasteiger partial charge on any atom is -0.464 e. The number of methoxy groups -OCH3 is 1. The second kappa shape index (κ2) is 5.81. The fourth-order valence-electron chi connectivity index (χ4n) is 2.20. The number of hydrogen-bond acceptors (Lipinski definition) is 4. The normalized spacial score (nSPS) is 10.5. The van der Waals surface area contributed by atoms with Crippen LogP contribution in [0.3, 0.4) is 0 Å². The molecule has 1 aromatic heterocycles. The lowest BCUT2D eigenvalue weighted by molar-refractivity contribution is 0.0594. The third-order valence-corrected chi connectivity index (χ3v) is 3.25. The van der Waals surface area contributed by atoms with Gasteiger partial charge in [0.2, 0.25) is 0 Å². The molecule has 1 heterocycles. The summed E-state index contributed by atoms with van der Waals surface area (Å²) in [7, 11) is 1.29. The number of esters is 1. The van der Waals surface area contributed by atoms with E-state index in [0.717, 1.165) is 5.39 Å². The lowest BCUT2D eigenvalue weighted by Gasteiger charge is -2.12. The van der Waals surface area contributed by atoms with Crippen molar-refractivity contribution in [2.45, 2.75) is 0 Å². The van der Waals surface area contributed by atoms with Gasteiger partial charge < -0.3 is 10.1 Å². The van der Waals surface area contributed by atoms with Gasteiger partial charge in [-0.1, -0.05) is 30.3 Å². The molecule has 0 aliphatic rings. The lowest BCUT2D eigenvalue weighted by Crippen LogP contribution is -2.06. The van der Waals surface area contributed by atoms with Crippen LogP contribution in [0.25, 0.3) is 10.9 Å². The standard InChI is InChI=1S/C17H13FN2O2/c1-22-17(21)16-10-15(11-6-2-4-8-13(11)19-16)20-14-9-5-3-7-12(14)18/h2-10H,1H3,(H,19,20). The van der Waals surface area contributed by atoms with Crippen LogP contribution in [0.15, 0.2) is 54.6 Å². The molecule has 0 radical (unpaired) electrons. The summed E-state index contributed by atoms with van der Waals surface area (Å²) in [6.07, 6.45) is 0. The van der Waals surface area contributed by atoms with Crippen LogP contribution in [0, 0.1) is 5.82 Å². The number of fused-ring (bicyclic) bond motifs is 1. The maximum absolute atomic E-state index is 13.8. The zero-order valence-corrected chi connectivity index (χ0v) is 11.8. The summed E-state index contributed by atoms with van der Waals surface area (Å²) < 4.78 is 18.5. The third kappa shape index (κ3) is 2.61. The quantitative estimate of drug-likeness (QED) is 0.745. The Morgan fingerprint density at radius 3 is 2.59 bits per heavy atom. The molecule has 5 heteroatoms. The number of carbonyl (C=O) groups excluding carboxylic acids is 1. The third-order valence-electron chi connectivity index (χ3n) is 3.25. The van der Waals surface area contributed by atoms with Gasteiger partial charge in [0.1, 0.15) is 5.82 Å². The number of carbonyl (C=O) groups is 1. The molecule has 0 fully saturated rings. The molecule has 110 valence electrons. The van der Waals surface area contributed by atoms with E-state index in [1.807, 2.05) is 18.2 Å². The van der Waals surface area contributed by atoms with E-state index in [-0.39, 0.29) is 11.5 Å². The number of nitrogens with one attached hydrogen (secondary N) is 1. The summed E-state index contributed by atoms with van der Waals surface area (Å²) in [5, 5.41) is 3.80. The van der Waals surface area contributed by atoms with Gasteiger partial charge in [-0.3, -0.25) is 0 Å². The number of ether oxygens (including phenoxy) is 1. The van der Waals surface area contributed by atoms with Gasteiger partial charge in [-0.15, -0.1) is 0 Å². The Morgan fingerprint density at radius 1 is 1.09 bits per heavy atom. The van der Waals surface area contributed by atoms with Crippen molar-refractivity contribution in [3.63, 3.8) is 0 Å². The molecule has 0 atom stereocenters. The monoisotopic (exact) mass is 296 g/mol. The Balaban J connectivity index is 2.14. The van der Waals surface area contributed by atoms with E-state index in [0.29, 0.717) is 16.9 Å². The van der Waals surface area contributed by atoms with Crippen molar-refractivity contribution < 1.29 is 13.9 Å². The molecule has 0 aliphatic heterocycles. The number of aromatic nitrogens is 1. The van der Waals surface area contributed by atoms with E-state index in [4.69, 9.17) is 4.74 Å².